The number of rotatable bonds is 6. The molecule has 0 aromatic carbocycles. The first-order valence-corrected chi connectivity index (χ1v) is 6.68. The molecule has 3 rings (SSSR count). The van der Waals surface area contributed by atoms with Crippen LogP contribution in [0.15, 0.2) is 34.9 Å². The van der Waals surface area contributed by atoms with E-state index < -0.39 is 0 Å². The Morgan fingerprint density at radius 3 is 3.05 bits per heavy atom. The molecule has 0 radical (unpaired) electrons. The number of terminal acetylenes is 1. The summed E-state index contributed by atoms with van der Waals surface area (Å²) in [5.41, 5.74) is 0.658. The van der Waals surface area contributed by atoms with Gasteiger partial charge in [-0.15, -0.1) is 12.3 Å². The molecule has 0 aliphatic carbocycles. The highest BCUT2D eigenvalue weighted by Gasteiger charge is 2.38. The normalized spacial score (nSPS) is 14.8. The van der Waals surface area contributed by atoms with E-state index in [-0.39, 0.29) is 11.6 Å². The molecule has 0 spiro atoms. The second-order valence-electron chi connectivity index (χ2n) is 4.84. The molecule has 1 amide bonds. The van der Waals surface area contributed by atoms with Gasteiger partial charge in [0.1, 0.15) is 6.33 Å². The first-order chi connectivity index (χ1) is 10.2. The van der Waals surface area contributed by atoms with Gasteiger partial charge in [0.05, 0.1) is 5.52 Å². The first-order valence-electron chi connectivity index (χ1n) is 6.68. The topological polar surface area (TPSA) is 84.0 Å². The molecular formula is C14H14N6O. The van der Waals surface area contributed by atoms with Crippen LogP contribution in [0.25, 0.3) is 5.52 Å². The Balaban J connectivity index is 1.58. The van der Waals surface area contributed by atoms with Crippen LogP contribution >= 0.6 is 0 Å². The van der Waals surface area contributed by atoms with Gasteiger partial charge in [0.25, 0.3) is 5.91 Å². The molecule has 1 aliphatic heterocycles. The highest BCUT2D eigenvalue weighted by molar-refractivity contribution is 5.98. The summed E-state index contributed by atoms with van der Waals surface area (Å²) >= 11 is 0. The van der Waals surface area contributed by atoms with E-state index in [0.29, 0.717) is 30.6 Å². The Hall–Kier alpha value is -2.75. The summed E-state index contributed by atoms with van der Waals surface area (Å²) in [6.07, 6.45) is 10.4. The molecule has 0 saturated carbocycles. The lowest BCUT2D eigenvalue weighted by atomic mass is 10.0. The summed E-state index contributed by atoms with van der Waals surface area (Å²) in [5, 5.41) is 14.9. The molecule has 106 valence electrons. The van der Waals surface area contributed by atoms with Gasteiger partial charge in [0.15, 0.2) is 11.4 Å². The third kappa shape index (κ3) is 2.74. The summed E-state index contributed by atoms with van der Waals surface area (Å²) in [5.74, 6) is 2.35. The van der Waals surface area contributed by atoms with Crippen molar-refractivity contribution < 1.29 is 4.79 Å². The Bertz CT molecular complexity index is 735. The zero-order chi connectivity index (χ0) is 14.7. The quantitative estimate of drug-likeness (QED) is 0.813. The zero-order valence-electron chi connectivity index (χ0n) is 11.4. The molecule has 7 nitrogen and oxygen atoms in total. The fraction of sp³-hybridized carbons (Fsp3) is 0.357. The second-order valence-corrected chi connectivity index (χ2v) is 4.84. The van der Waals surface area contributed by atoms with Gasteiger partial charge in [-0.1, -0.05) is 0 Å². The Kier molecular flexibility index (Phi) is 3.36. The van der Waals surface area contributed by atoms with Gasteiger partial charge in [-0.25, -0.2) is 9.50 Å². The predicted molar refractivity (Wildman–Crippen MR) is 75.6 cm³/mol. The average Bonchev–Trinajstić information content (AvgIpc) is 3.09. The molecule has 0 fully saturated rings. The van der Waals surface area contributed by atoms with Crippen molar-refractivity contribution in [2.24, 2.45) is 10.2 Å². The molecule has 0 atom stereocenters. The largest absolute Gasteiger partial charge is 0.350 e. The van der Waals surface area contributed by atoms with Crippen LogP contribution in [-0.2, 0) is 0 Å². The molecule has 1 aliphatic rings. The second kappa shape index (κ2) is 5.32. The van der Waals surface area contributed by atoms with Crippen LogP contribution < -0.4 is 5.32 Å². The zero-order valence-corrected chi connectivity index (χ0v) is 11.4. The van der Waals surface area contributed by atoms with Crippen LogP contribution in [0, 0.1) is 12.3 Å². The van der Waals surface area contributed by atoms with Crippen molar-refractivity contribution in [2.45, 2.75) is 24.9 Å². The summed E-state index contributed by atoms with van der Waals surface area (Å²) in [6.45, 7) is 0.479. The minimum Gasteiger partial charge on any atom is -0.350 e. The minimum atomic E-state index is -0.379. The van der Waals surface area contributed by atoms with Crippen molar-refractivity contribution >= 4 is 11.4 Å². The number of nitrogens with one attached hydrogen (secondary N) is 1. The molecule has 7 heteroatoms. The smallest absolute Gasteiger partial charge is 0.272 e. The third-order valence-corrected chi connectivity index (χ3v) is 3.41. The number of fused-ring (bicyclic) bond motifs is 1. The van der Waals surface area contributed by atoms with E-state index in [2.05, 4.69) is 31.5 Å². The molecule has 3 heterocycles. The highest BCUT2D eigenvalue weighted by atomic mass is 16.1. The van der Waals surface area contributed by atoms with Crippen LogP contribution in [0.4, 0.5) is 0 Å². The van der Waals surface area contributed by atoms with Crippen molar-refractivity contribution in [3.8, 4) is 12.3 Å². The van der Waals surface area contributed by atoms with Gasteiger partial charge in [-0.05, 0) is 12.1 Å². The number of carbonyl (C=O) groups excluding carboxylic acids is 1. The van der Waals surface area contributed by atoms with Crippen molar-refractivity contribution in [3.63, 3.8) is 0 Å². The van der Waals surface area contributed by atoms with E-state index in [4.69, 9.17) is 6.42 Å². The maximum absolute atomic E-state index is 12.2. The summed E-state index contributed by atoms with van der Waals surface area (Å²) < 4.78 is 1.61. The molecule has 2 aromatic heterocycles. The van der Waals surface area contributed by atoms with Gasteiger partial charge in [-0.2, -0.15) is 15.3 Å². The number of amides is 1. The van der Waals surface area contributed by atoms with Gasteiger partial charge in [0.2, 0.25) is 0 Å². The molecule has 0 unspecified atom stereocenters. The van der Waals surface area contributed by atoms with E-state index in [0.717, 1.165) is 6.42 Å². The lowest BCUT2D eigenvalue weighted by molar-refractivity contribution is 0.0948. The molecule has 0 saturated heterocycles. The lowest BCUT2D eigenvalue weighted by Crippen LogP contribution is -2.29. The Morgan fingerprint density at radius 2 is 2.29 bits per heavy atom. The van der Waals surface area contributed by atoms with Crippen LogP contribution in [0.1, 0.15) is 29.8 Å². The number of hydrogen-bond acceptors (Lipinski definition) is 5. The fourth-order valence-electron chi connectivity index (χ4n) is 2.17. The van der Waals surface area contributed by atoms with Gasteiger partial charge < -0.3 is 5.32 Å². The Morgan fingerprint density at radius 1 is 1.43 bits per heavy atom. The first kappa shape index (κ1) is 13.2. The fourth-order valence-corrected chi connectivity index (χ4v) is 2.17. The number of carbonyl (C=O) groups is 1. The highest BCUT2D eigenvalue weighted by Crippen LogP contribution is 2.36. The van der Waals surface area contributed by atoms with Crippen molar-refractivity contribution in [3.05, 3.63) is 30.4 Å². The monoisotopic (exact) mass is 282 g/mol. The van der Waals surface area contributed by atoms with Crippen molar-refractivity contribution in [1.29, 1.82) is 0 Å². The van der Waals surface area contributed by atoms with Crippen LogP contribution in [0.3, 0.4) is 0 Å². The van der Waals surface area contributed by atoms with Crippen molar-refractivity contribution in [2.75, 3.05) is 6.54 Å². The number of hydrogen-bond donors (Lipinski definition) is 1. The Labute approximate surface area is 121 Å². The van der Waals surface area contributed by atoms with Gasteiger partial charge >= 0.3 is 0 Å². The summed E-state index contributed by atoms with van der Waals surface area (Å²) in [4.78, 5) is 16.2. The standard InChI is InChI=1S/C14H14N6O/c1-2-3-6-14(18-19-14)7-8-15-13(21)12-11-5-4-9-20(11)17-10-16-12/h1,4-5,9-10H,3,6-8H2,(H,15,21). The third-order valence-electron chi connectivity index (χ3n) is 3.41. The molecule has 0 bridgehead atoms. The maximum Gasteiger partial charge on any atom is 0.272 e. The molecule has 2 aromatic rings. The van der Waals surface area contributed by atoms with Gasteiger partial charge in [0, 0.05) is 32.0 Å². The number of aromatic nitrogens is 3. The van der Waals surface area contributed by atoms with E-state index in [9.17, 15) is 4.79 Å². The van der Waals surface area contributed by atoms with Crippen LogP contribution in [0.2, 0.25) is 0 Å². The van der Waals surface area contributed by atoms with E-state index >= 15 is 0 Å². The predicted octanol–water partition coefficient (Wildman–Crippen LogP) is 1.42. The molecule has 1 N–H and O–H groups in total. The minimum absolute atomic E-state index is 0.228. The molecule has 21 heavy (non-hydrogen) atoms. The maximum atomic E-state index is 12.2. The average molecular weight is 282 g/mol. The van der Waals surface area contributed by atoms with Crippen LogP contribution in [0.5, 0.6) is 0 Å². The lowest BCUT2D eigenvalue weighted by Gasteiger charge is -2.10. The summed E-state index contributed by atoms with van der Waals surface area (Å²) in [6, 6.07) is 3.62. The summed E-state index contributed by atoms with van der Waals surface area (Å²) in [7, 11) is 0. The number of nitrogens with zero attached hydrogens (tertiary/aromatic N) is 5. The SMILES string of the molecule is C#CCCC1(CCNC(=O)c2ncnn3cccc23)N=N1. The van der Waals surface area contributed by atoms with Crippen molar-refractivity contribution in [1.82, 2.24) is 19.9 Å². The van der Waals surface area contributed by atoms with E-state index in [1.54, 1.807) is 16.8 Å². The van der Waals surface area contributed by atoms with Crippen LogP contribution in [-0.4, -0.2) is 32.7 Å². The van der Waals surface area contributed by atoms with E-state index in [1.807, 2.05) is 6.07 Å². The van der Waals surface area contributed by atoms with Gasteiger partial charge in [-0.3, -0.25) is 4.79 Å². The van der Waals surface area contributed by atoms with E-state index in [1.165, 1.54) is 6.33 Å². The molecular weight excluding hydrogens is 268 g/mol.